The van der Waals surface area contributed by atoms with Gasteiger partial charge in [-0.25, -0.2) is 14.2 Å². The highest BCUT2D eigenvalue weighted by molar-refractivity contribution is 6.32. The maximum atomic E-state index is 14.3. The number of nitrogens with one attached hydrogen (secondary N) is 1. The lowest BCUT2D eigenvalue weighted by atomic mass is 10.1. The molecule has 0 saturated heterocycles. The van der Waals surface area contributed by atoms with Crippen LogP contribution in [0, 0.1) is 12.7 Å². The van der Waals surface area contributed by atoms with E-state index in [9.17, 15) is 9.18 Å². The van der Waals surface area contributed by atoms with E-state index in [0.717, 1.165) is 17.0 Å². The van der Waals surface area contributed by atoms with Gasteiger partial charge in [0, 0.05) is 19.7 Å². The Kier molecular flexibility index (Phi) is 4.85. The molecule has 0 bridgehead atoms. The Morgan fingerprint density at radius 3 is 2.81 bits per heavy atom. The third-order valence-electron chi connectivity index (χ3n) is 3.90. The lowest BCUT2D eigenvalue weighted by Crippen LogP contribution is -2.05. The van der Waals surface area contributed by atoms with Gasteiger partial charge in [-0.15, -0.1) is 5.10 Å². The summed E-state index contributed by atoms with van der Waals surface area (Å²) < 4.78 is 16.0. The van der Waals surface area contributed by atoms with Crippen LogP contribution in [0.1, 0.15) is 27.3 Å². The van der Waals surface area contributed by atoms with E-state index in [4.69, 9.17) is 16.7 Å². The number of carboxylic acids is 1. The van der Waals surface area contributed by atoms with Gasteiger partial charge >= 0.3 is 5.97 Å². The highest BCUT2D eigenvalue weighted by Crippen LogP contribution is 2.28. The summed E-state index contributed by atoms with van der Waals surface area (Å²) in [6.07, 6.45) is 2.13. The topological polar surface area (TPSA) is 92.9 Å². The Labute approximate surface area is 153 Å². The molecule has 0 aliphatic heterocycles. The normalized spacial score (nSPS) is 10.8. The average Bonchev–Trinajstić information content (AvgIpc) is 2.91. The zero-order valence-electron chi connectivity index (χ0n) is 14.0. The van der Waals surface area contributed by atoms with Gasteiger partial charge in [0.1, 0.15) is 0 Å². The van der Waals surface area contributed by atoms with Crippen LogP contribution in [0.3, 0.4) is 0 Å². The SMILES string of the molecule is Cc1nnn(C)c1Cc1cnc(Cl)c(Nc2cccc(C(=O)O)c2F)c1. The first-order valence-corrected chi connectivity index (χ1v) is 8.03. The minimum absolute atomic E-state index is 0.00382. The van der Waals surface area contributed by atoms with Gasteiger partial charge in [0.25, 0.3) is 0 Å². The molecule has 0 aliphatic rings. The van der Waals surface area contributed by atoms with Crippen LogP contribution >= 0.6 is 11.6 Å². The molecule has 9 heteroatoms. The van der Waals surface area contributed by atoms with Crippen LogP contribution in [0.2, 0.25) is 5.15 Å². The monoisotopic (exact) mass is 375 g/mol. The lowest BCUT2D eigenvalue weighted by molar-refractivity contribution is 0.0692. The van der Waals surface area contributed by atoms with Crippen LogP contribution in [-0.2, 0) is 13.5 Å². The van der Waals surface area contributed by atoms with E-state index in [-0.39, 0.29) is 10.8 Å². The second-order valence-electron chi connectivity index (χ2n) is 5.70. The molecule has 134 valence electrons. The third-order valence-corrected chi connectivity index (χ3v) is 4.20. The Morgan fingerprint density at radius 1 is 1.38 bits per heavy atom. The van der Waals surface area contributed by atoms with Gasteiger partial charge in [-0.3, -0.25) is 4.68 Å². The molecular weight excluding hydrogens is 361 g/mol. The number of benzene rings is 1. The standard InChI is InChI=1S/C17H15ClFN5O2/c1-9-14(24(2)23-22-9)7-10-6-13(16(18)20-8-10)21-12-5-3-4-11(15(12)19)17(25)26/h3-6,8,21H,7H2,1-2H3,(H,25,26). The molecule has 0 fully saturated rings. The van der Waals surface area contributed by atoms with Gasteiger partial charge in [0.15, 0.2) is 11.0 Å². The largest absolute Gasteiger partial charge is 0.478 e. The number of carboxylic acid groups (broad SMARTS) is 1. The maximum Gasteiger partial charge on any atom is 0.338 e. The maximum absolute atomic E-state index is 14.3. The molecular formula is C17H15ClFN5O2. The minimum Gasteiger partial charge on any atom is -0.478 e. The van der Waals surface area contributed by atoms with Gasteiger partial charge in [-0.1, -0.05) is 22.9 Å². The molecule has 2 aromatic heterocycles. The number of nitrogens with zero attached hydrogens (tertiary/aromatic N) is 4. The van der Waals surface area contributed by atoms with Crippen molar-refractivity contribution in [2.24, 2.45) is 7.05 Å². The van der Waals surface area contributed by atoms with Gasteiger partial charge < -0.3 is 10.4 Å². The summed E-state index contributed by atoms with van der Waals surface area (Å²) in [7, 11) is 1.80. The number of anilines is 2. The summed E-state index contributed by atoms with van der Waals surface area (Å²) in [5.41, 5.74) is 2.49. The Balaban J connectivity index is 1.92. The molecule has 2 heterocycles. The summed E-state index contributed by atoms with van der Waals surface area (Å²) in [6.45, 7) is 1.86. The molecule has 3 rings (SSSR count). The van der Waals surface area contributed by atoms with Crippen molar-refractivity contribution < 1.29 is 14.3 Å². The van der Waals surface area contributed by atoms with Gasteiger partial charge in [-0.2, -0.15) is 0 Å². The fourth-order valence-electron chi connectivity index (χ4n) is 2.53. The predicted molar refractivity (Wildman–Crippen MR) is 94.4 cm³/mol. The lowest BCUT2D eigenvalue weighted by Gasteiger charge is -2.12. The van der Waals surface area contributed by atoms with Crippen molar-refractivity contribution in [3.63, 3.8) is 0 Å². The number of hydrogen-bond acceptors (Lipinski definition) is 5. The van der Waals surface area contributed by atoms with E-state index in [1.54, 1.807) is 24.0 Å². The summed E-state index contributed by atoms with van der Waals surface area (Å²) >= 11 is 6.10. The van der Waals surface area contributed by atoms with Crippen molar-refractivity contribution in [1.82, 2.24) is 20.0 Å². The van der Waals surface area contributed by atoms with E-state index >= 15 is 0 Å². The second kappa shape index (κ2) is 7.09. The Hall–Kier alpha value is -3.00. The van der Waals surface area contributed by atoms with Crippen molar-refractivity contribution in [1.29, 1.82) is 0 Å². The van der Waals surface area contributed by atoms with E-state index < -0.39 is 17.3 Å². The summed E-state index contributed by atoms with van der Waals surface area (Å²) in [5.74, 6) is -2.21. The number of halogens is 2. The Bertz CT molecular complexity index is 970. The van der Waals surface area contributed by atoms with Crippen molar-refractivity contribution in [2.75, 3.05) is 5.32 Å². The van der Waals surface area contributed by atoms with Crippen LogP contribution in [-0.4, -0.2) is 31.1 Å². The molecule has 0 aliphatic carbocycles. The summed E-state index contributed by atoms with van der Waals surface area (Å²) in [5, 5.41) is 20.0. The third kappa shape index (κ3) is 3.50. The highest BCUT2D eigenvalue weighted by Gasteiger charge is 2.15. The van der Waals surface area contributed by atoms with Crippen molar-refractivity contribution in [3.8, 4) is 0 Å². The van der Waals surface area contributed by atoms with Crippen molar-refractivity contribution >= 4 is 28.9 Å². The second-order valence-corrected chi connectivity index (χ2v) is 6.06. The predicted octanol–water partition coefficient (Wildman–Crippen LogP) is 3.34. The fraction of sp³-hybridized carbons (Fsp3) is 0.176. The zero-order valence-corrected chi connectivity index (χ0v) is 14.8. The molecule has 1 aromatic carbocycles. The average molecular weight is 376 g/mol. The quantitative estimate of drug-likeness (QED) is 0.664. The van der Waals surface area contributed by atoms with E-state index in [1.165, 1.54) is 18.2 Å². The van der Waals surface area contributed by atoms with Crippen molar-refractivity contribution in [2.45, 2.75) is 13.3 Å². The number of pyridine rings is 1. The van der Waals surface area contributed by atoms with Gasteiger partial charge in [0.2, 0.25) is 0 Å². The number of aromatic carboxylic acids is 1. The first kappa shape index (κ1) is 17.8. The molecule has 0 spiro atoms. The smallest absolute Gasteiger partial charge is 0.338 e. The number of carbonyl (C=O) groups is 1. The fourth-order valence-corrected chi connectivity index (χ4v) is 2.68. The molecule has 0 radical (unpaired) electrons. The minimum atomic E-state index is -1.34. The molecule has 0 unspecified atom stereocenters. The molecule has 0 saturated carbocycles. The van der Waals surface area contributed by atoms with Gasteiger partial charge in [-0.05, 0) is 30.7 Å². The molecule has 0 atom stereocenters. The van der Waals surface area contributed by atoms with Crippen LogP contribution in [0.5, 0.6) is 0 Å². The van der Waals surface area contributed by atoms with Crippen LogP contribution in [0.15, 0.2) is 30.5 Å². The molecule has 7 nitrogen and oxygen atoms in total. The number of aryl methyl sites for hydroxylation is 2. The number of aromatic nitrogens is 4. The van der Waals surface area contributed by atoms with Crippen LogP contribution < -0.4 is 5.32 Å². The van der Waals surface area contributed by atoms with Crippen LogP contribution in [0.25, 0.3) is 0 Å². The van der Waals surface area contributed by atoms with Crippen molar-refractivity contribution in [3.05, 3.63) is 63.9 Å². The number of hydrogen-bond donors (Lipinski definition) is 2. The first-order chi connectivity index (χ1) is 12.4. The first-order valence-electron chi connectivity index (χ1n) is 7.65. The molecule has 2 N–H and O–H groups in total. The number of rotatable bonds is 5. The molecule has 0 amide bonds. The zero-order chi connectivity index (χ0) is 18.8. The van der Waals surface area contributed by atoms with E-state index in [0.29, 0.717) is 12.1 Å². The summed E-state index contributed by atoms with van der Waals surface area (Å²) in [4.78, 5) is 15.2. The molecule has 26 heavy (non-hydrogen) atoms. The molecule has 3 aromatic rings. The highest BCUT2D eigenvalue weighted by atomic mass is 35.5. The Morgan fingerprint density at radius 2 is 2.15 bits per heavy atom. The van der Waals surface area contributed by atoms with E-state index in [1.807, 2.05) is 6.92 Å². The summed E-state index contributed by atoms with van der Waals surface area (Å²) in [6, 6.07) is 5.80. The van der Waals surface area contributed by atoms with E-state index in [2.05, 4.69) is 20.6 Å². The van der Waals surface area contributed by atoms with Crippen LogP contribution in [0.4, 0.5) is 15.8 Å². The van der Waals surface area contributed by atoms with Gasteiger partial charge in [0.05, 0.1) is 28.3 Å².